The van der Waals surface area contributed by atoms with Gasteiger partial charge in [-0.3, -0.25) is 4.79 Å². The van der Waals surface area contributed by atoms with Crippen LogP contribution >= 0.6 is 0 Å². The Balaban J connectivity index is 1.19. The van der Waals surface area contributed by atoms with E-state index in [-0.39, 0.29) is 0 Å². The molecule has 1 aliphatic carbocycles. The lowest BCUT2D eigenvalue weighted by Gasteiger charge is -2.31. The average molecular weight is 447 g/mol. The zero-order valence-electron chi connectivity index (χ0n) is 18.6. The molecule has 0 atom stereocenters. The van der Waals surface area contributed by atoms with Crippen molar-refractivity contribution in [2.45, 2.75) is 51.7 Å². The van der Waals surface area contributed by atoms with Crippen molar-refractivity contribution in [3.63, 3.8) is 0 Å². The molecule has 0 saturated heterocycles. The highest BCUT2D eigenvalue weighted by molar-refractivity contribution is 5.97. The number of carbonyl (C=O) groups is 2. The third-order valence-corrected chi connectivity index (χ3v) is 6.08. The predicted octanol–water partition coefficient (Wildman–Crippen LogP) is 4.47. The van der Waals surface area contributed by atoms with Crippen LogP contribution in [0.4, 0.5) is 5.69 Å². The molecule has 3 aromatic rings. The van der Waals surface area contributed by atoms with Crippen LogP contribution in [0.25, 0.3) is 11.0 Å². The quantitative estimate of drug-likeness (QED) is 0.589. The Labute approximate surface area is 191 Å². The summed E-state index contributed by atoms with van der Waals surface area (Å²) in [5, 5.41) is 2.74. The summed E-state index contributed by atoms with van der Waals surface area (Å²) in [5.41, 5.74) is 3.81. The number of anilines is 1. The van der Waals surface area contributed by atoms with E-state index in [2.05, 4.69) is 15.3 Å². The lowest BCUT2D eigenvalue weighted by molar-refractivity contribution is -0.119. The number of nitrogens with one attached hydrogen (secondary N) is 1. The van der Waals surface area contributed by atoms with E-state index in [1.54, 1.807) is 36.4 Å². The number of hydrogen-bond acceptors (Lipinski definition) is 7. The van der Waals surface area contributed by atoms with E-state index in [9.17, 15) is 9.59 Å². The monoisotopic (exact) mass is 447 g/mol. The van der Waals surface area contributed by atoms with E-state index in [0.717, 1.165) is 37.1 Å². The van der Waals surface area contributed by atoms with Gasteiger partial charge in [-0.2, -0.15) is 0 Å². The van der Waals surface area contributed by atoms with Crippen molar-refractivity contribution in [2.75, 3.05) is 11.9 Å². The molecule has 0 radical (unpaired) electrons. The first-order valence-electron chi connectivity index (χ1n) is 11.1. The summed E-state index contributed by atoms with van der Waals surface area (Å²) < 4.78 is 17.3. The molecular formula is C25H25N3O5. The van der Waals surface area contributed by atoms with E-state index in [4.69, 9.17) is 14.2 Å². The summed E-state index contributed by atoms with van der Waals surface area (Å²) in [6.07, 6.45) is 5.06. The number of benzene rings is 2. The van der Waals surface area contributed by atoms with Crippen LogP contribution in [-0.4, -0.2) is 34.2 Å². The number of amides is 1. The average Bonchev–Trinajstić information content (AvgIpc) is 3.14. The number of carbonyl (C=O) groups excluding carboxylic acids is 2. The first kappa shape index (κ1) is 21.2. The molecule has 33 heavy (non-hydrogen) atoms. The van der Waals surface area contributed by atoms with Crippen LogP contribution in [0.2, 0.25) is 0 Å². The largest absolute Gasteiger partial charge is 0.452 e. The molecule has 1 saturated carbocycles. The number of hydrogen-bond donors (Lipinski definition) is 1. The van der Waals surface area contributed by atoms with Crippen molar-refractivity contribution >= 4 is 28.6 Å². The van der Waals surface area contributed by atoms with E-state index >= 15 is 0 Å². The Morgan fingerprint density at radius 2 is 1.67 bits per heavy atom. The number of aryl methyl sites for hydroxylation is 2. The van der Waals surface area contributed by atoms with Crippen LogP contribution in [0.1, 0.15) is 53.8 Å². The van der Waals surface area contributed by atoms with Crippen LogP contribution in [0, 0.1) is 13.8 Å². The van der Waals surface area contributed by atoms with Gasteiger partial charge in [0.1, 0.15) is 0 Å². The Morgan fingerprint density at radius 1 is 0.939 bits per heavy atom. The van der Waals surface area contributed by atoms with Gasteiger partial charge in [0.15, 0.2) is 18.1 Å². The zero-order valence-corrected chi connectivity index (χ0v) is 18.6. The van der Waals surface area contributed by atoms with Gasteiger partial charge in [0.25, 0.3) is 11.7 Å². The number of rotatable bonds is 4. The molecule has 1 aromatic heterocycles. The van der Waals surface area contributed by atoms with Gasteiger partial charge >= 0.3 is 5.97 Å². The maximum atomic E-state index is 12.4. The van der Waals surface area contributed by atoms with Gasteiger partial charge in [-0.15, -0.1) is 0 Å². The van der Waals surface area contributed by atoms with Gasteiger partial charge in [-0.1, -0.05) is 6.42 Å². The summed E-state index contributed by atoms with van der Waals surface area (Å²) in [5.74, 6) is -0.306. The van der Waals surface area contributed by atoms with Crippen LogP contribution < -0.4 is 14.8 Å². The van der Waals surface area contributed by atoms with Crippen LogP contribution in [-0.2, 0) is 9.53 Å². The second kappa shape index (κ2) is 8.35. The van der Waals surface area contributed by atoms with Gasteiger partial charge in [0.2, 0.25) is 0 Å². The van der Waals surface area contributed by atoms with Gasteiger partial charge in [0, 0.05) is 24.6 Å². The molecule has 1 aliphatic heterocycles. The number of nitrogens with zero attached hydrogens (tertiary/aromatic N) is 2. The predicted molar refractivity (Wildman–Crippen MR) is 121 cm³/mol. The minimum atomic E-state index is -0.600. The van der Waals surface area contributed by atoms with E-state index in [1.807, 2.05) is 13.8 Å². The van der Waals surface area contributed by atoms with Crippen molar-refractivity contribution in [3.05, 3.63) is 53.3 Å². The summed E-state index contributed by atoms with van der Waals surface area (Å²) >= 11 is 0. The molecule has 1 N–H and O–H groups in total. The summed E-state index contributed by atoms with van der Waals surface area (Å²) in [6, 6.07) is 10.2. The molecule has 170 valence electrons. The minimum absolute atomic E-state index is 0.314. The highest BCUT2D eigenvalue weighted by Crippen LogP contribution is 2.46. The smallest absolute Gasteiger partial charge is 0.338 e. The SMILES string of the molecule is Cc1nc2ccc(C(=O)OCC(=O)Nc3ccc4c(c3)OC3(CCCCC3)O4)cc2nc1C. The van der Waals surface area contributed by atoms with E-state index in [1.165, 1.54) is 6.42 Å². The van der Waals surface area contributed by atoms with E-state index in [0.29, 0.717) is 33.8 Å². The summed E-state index contributed by atoms with van der Waals surface area (Å²) in [7, 11) is 0. The number of aromatic nitrogens is 2. The highest BCUT2D eigenvalue weighted by Gasteiger charge is 2.42. The molecule has 1 fully saturated rings. The van der Waals surface area contributed by atoms with Gasteiger partial charge < -0.3 is 19.5 Å². The number of esters is 1. The van der Waals surface area contributed by atoms with Crippen LogP contribution in [0.3, 0.4) is 0 Å². The maximum Gasteiger partial charge on any atom is 0.338 e. The molecule has 1 amide bonds. The number of ether oxygens (including phenoxy) is 3. The lowest BCUT2D eigenvalue weighted by atomic mass is 9.94. The van der Waals surface area contributed by atoms with Gasteiger partial charge in [-0.05, 0) is 57.0 Å². The molecule has 8 nitrogen and oxygen atoms in total. The molecule has 8 heteroatoms. The summed E-state index contributed by atoms with van der Waals surface area (Å²) in [4.78, 5) is 33.7. The molecule has 0 bridgehead atoms. The second-order valence-electron chi connectivity index (χ2n) is 8.56. The normalized spacial score (nSPS) is 16.1. The third-order valence-electron chi connectivity index (χ3n) is 6.08. The fraction of sp³-hybridized carbons (Fsp3) is 0.360. The Kier molecular flexibility index (Phi) is 5.36. The van der Waals surface area contributed by atoms with Crippen LogP contribution in [0.5, 0.6) is 11.5 Å². The Hall–Kier alpha value is -3.68. The minimum Gasteiger partial charge on any atom is -0.452 e. The number of fused-ring (bicyclic) bond motifs is 2. The highest BCUT2D eigenvalue weighted by atomic mass is 16.7. The standard InChI is InChI=1S/C25H25N3O5/c1-15-16(2)27-20-12-17(6-8-19(20)26-15)24(30)31-14-23(29)28-18-7-9-21-22(13-18)33-25(32-21)10-4-3-5-11-25/h6-9,12-13H,3-5,10-11,14H2,1-2H3,(H,28,29). The fourth-order valence-electron chi connectivity index (χ4n) is 4.24. The van der Waals surface area contributed by atoms with Crippen molar-refractivity contribution in [3.8, 4) is 11.5 Å². The van der Waals surface area contributed by atoms with E-state index < -0.39 is 24.3 Å². The van der Waals surface area contributed by atoms with Crippen molar-refractivity contribution < 1.29 is 23.8 Å². The molecule has 2 heterocycles. The lowest BCUT2D eigenvalue weighted by Crippen LogP contribution is -2.40. The first-order chi connectivity index (χ1) is 15.9. The Morgan fingerprint density at radius 3 is 2.45 bits per heavy atom. The van der Waals surface area contributed by atoms with Gasteiger partial charge in [-0.25, -0.2) is 14.8 Å². The Bertz CT molecular complexity index is 1250. The zero-order chi connectivity index (χ0) is 23.0. The van der Waals surface area contributed by atoms with Crippen molar-refractivity contribution in [1.82, 2.24) is 9.97 Å². The molecule has 2 aromatic carbocycles. The topological polar surface area (TPSA) is 99.6 Å². The first-order valence-corrected chi connectivity index (χ1v) is 11.1. The van der Waals surface area contributed by atoms with Crippen molar-refractivity contribution in [1.29, 1.82) is 0 Å². The molecule has 0 unspecified atom stereocenters. The molecule has 2 aliphatic rings. The maximum absolute atomic E-state index is 12.4. The fourth-order valence-corrected chi connectivity index (χ4v) is 4.24. The van der Waals surface area contributed by atoms with Gasteiger partial charge in [0.05, 0.1) is 28.0 Å². The summed E-state index contributed by atoms with van der Waals surface area (Å²) in [6.45, 7) is 3.34. The molecule has 5 rings (SSSR count). The molecular weight excluding hydrogens is 422 g/mol. The van der Waals surface area contributed by atoms with Crippen molar-refractivity contribution in [2.24, 2.45) is 0 Å². The third kappa shape index (κ3) is 4.33. The second-order valence-corrected chi connectivity index (χ2v) is 8.56. The molecule has 1 spiro atoms. The van der Waals surface area contributed by atoms with Crippen LogP contribution in [0.15, 0.2) is 36.4 Å².